The second kappa shape index (κ2) is 9.11. The molecule has 0 aliphatic heterocycles. The summed E-state index contributed by atoms with van der Waals surface area (Å²) in [5, 5.41) is 20.9. The van der Waals surface area contributed by atoms with E-state index in [0.717, 1.165) is 54.4 Å². The first kappa shape index (κ1) is 21.4. The highest BCUT2D eigenvalue weighted by molar-refractivity contribution is 5.97. The smallest absolute Gasteiger partial charge is 0.314 e. The van der Waals surface area contributed by atoms with Gasteiger partial charge in [-0.15, -0.1) is 0 Å². The summed E-state index contributed by atoms with van der Waals surface area (Å²) in [7, 11) is 0. The Bertz CT molecular complexity index is 1060. The summed E-state index contributed by atoms with van der Waals surface area (Å²) in [6.45, 7) is 4.19. The normalized spacial score (nSPS) is 26.1. The van der Waals surface area contributed by atoms with E-state index in [4.69, 9.17) is 4.74 Å². The molecule has 4 nitrogen and oxygen atoms in total. The summed E-state index contributed by atoms with van der Waals surface area (Å²) < 4.78 is 5.87. The first-order valence-electron chi connectivity index (χ1n) is 11.6. The molecule has 0 atom stereocenters. The van der Waals surface area contributed by atoms with Crippen molar-refractivity contribution in [2.24, 2.45) is 23.7 Å². The van der Waals surface area contributed by atoms with Crippen LogP contribution in [0.5, 0.6) is 5.75 Å². The maximum absolute atomic E-state index is 13.1. The number of ether oxygens (including phenoxy) is 1. The van der Waals surface area contributed by atoms with Crippen LogP contribution in [0.25, 0.3) is 10.8 Å². The number of carbonyl (C=O) groups excluding carboxylic acids is 1. The predicted molar refractivity (Wildman–Crippen MR) is 120 cm³/mol. The fourth-order valence-electron chi connectivity index (χ4n) is 5.70. The molecule has 31 heavy (non-hydrogen) atoms. The van der Waals surface area contributed by atoms with Crippen LogP contribution in [-0.4, -0.2) is 5.97 Å². The fraction of sp³-hybridized carbons (Fsp3) is 0.519. The number of esters is 1. The topological polar surface area (TPSA) is 73.9 Å². The number of hydrogen-bond acceptors (Lipinski definition) is 4. The number of carbonyl (C=O) groups is 1. The molecule has 2 aromatic carbocycles. The van der Waals surface area contributed by atoms with Gasteiger partial charge in [0.15, 0.2) is 5.75 Å². The summed E-state index contributed by atoms with van der Waals surface area (Å²) >= 11 is 0. The molecule has 4 heteroatoms. The van der Waals surface area contributed by atoms with Crippen LogP contribution in [0.2, 0.25) is 0 Å². The van der Waals surface area contributed by atoms with Crippen molar-refractivity contribution in [3.8, 4) is 17.9 Å². The predicted octanol–water partition coefficient (Wildman–Crippen LogP) is 6.43. The van der Waals surface area contributed by atoms with E-state index in [1.807, 2.05) is 31.2 Å². The third-order valence-corrected chi connectivity index (χ3v) is 7.69. The maximum atomic E-state index is 13.1. The van der Waals surface area contributed by atoms with Crippen LogP contribution in [0.1, 0.15) is 75.0 Å². The Balaban J connectivity index is 1.51. The molecule has 0 heterocycles. The van der Waals surface area contributed by atoms with Crippen LogP contribution >= 0.6 is 0 Å². The third-order valence-electron chi connectivity index (χ3n) is 7.69. The highest BCUT2D eigenvalue weighted by Crippen LogP contribution is 2.42. The van der Waals surface area contributed by atoms with Crippen molar-refractivity contribution < 1.29 is 9.53 Å². The lowest BCUT2D eigenvalue weighted by atomic mass is 9.69. The van der Waals surface area contributed by atoms with E-state index < -0.39 is 0 Å². The fourth-order valence-corrected chi connectivity index (χ4v) is 5.70. The van der Waals surface area contributed by atoms with Crippen LogP contribution in [-0.2, 0) is 4.79 Å². The molecule has 0 spiro atoms. The Labute approximate surface area is 184 Å². The van der Waals surface area contributed by atoms with Gasteiger partial charge in [-0.2, -0.15) is 10.5 Å². The zero-order chi connectivity index (χ0) is 22.0. The van der Waals surface area contributed by atoms with Crippen molar-refractivity contribution in [1.82, 2.24) is 0 Å². The van der Waals surface area contributed by atoms with Gasteiger partial charge in [-0.1, -0.05) is 44.0 Å². The monoisotopic (exact) mass is 414 g/mol. The number of benzene rings is 2. The Hall–Kier alpha value is -2.85. The molecule has 0 unspecified atom stereocenters. The summed E-state index contributed by atoms with van der Waals surface area (Å²) in [6.07, 6.45) is 9.22. The van der Waals surface area contributed by atoms with Crippen molar-refractivity contribution in [2.45, 2.75) is 65.2 Å². The van der Waals surface area contributed by atoms with Crippen molar-refractivity contribution in [3.63, 3.8) is 0 Å². The number of rotatable bonds is 3. The van der Waals surface area contributed by atoms with Crippen molar-refractivity contribution in [3.05, 3.63) is 41.0 Å². The van der Waals surface area contributed by atoms with Gasteiger partial charge < -0.3 is 4.74 Å². The minimum absolute atomic E-state index is 0.129. The lowest BCUT2D eigenvalue weighted by Crippen LogP contribution is -2.30. The highest BCUT2D eigenvalue weighted by atomic mass is 16.5. The van der Waals surface area contributed by atoms with E-state index in [1.54, 1.807) is 0 Å². The molecule has 2 aromatic rings. The van der Waals surface area contributed by atoms with Crippen molar-refractivity contribution in [1.29, 1.82) is 10.5 Å². The van der Waals surface area contributed by atoms with Crippen molar-refractivity contribution >= 4 is 16.7 Å². The number of nitrogens with zero attached hydrogens (tertiary/aromatic N) is 2. The van der Waals surface area contributed by atoms with E-state index in [2.05, 4.69) is 19.1 Å². The summed E-state index contributed by atoms with van der Waals surface area (Å²) in [5.74, 6) is 2.27. The minimum atomic E-state index is -0.259. The molecule has 2 aliphatic rings. The zero-order valence-corrected chi connectivity index (χ0v) is 18.5. The van der Waals surface area contributed by atoms with Gasteiger partial charge in [0.05, 0.1) is 11.5 Å². The molecule has 2 fully saturated rings. The summed E-state index contributed by atoms with van der Waals surface area (Å²) in [4.78, 5) is 13.1. The van der Waals surface area contributed by atoms with Gasteiger partial charge in [-0.25, -0.2) is 0 Å². The highest BCUT2D eigenvalue weighted by Gasteiger charge is 2.33. The Morgan fingerprint density at radius 1 is 0.871 bits per heavy atom. The SMILES string of the molecule is Cc1c(C#N)c(C#N)c(OC(=O)C2CCC(C3CCC(C)CC3)CC2)c2ccccc12. The number of fused-ring (bicyclic) bond motifs is 1. The molecule has 0 N–H and O–H groups in total. The van der Waals surface area contributed by atoms with E-state index >= 15 is 0 Å². The molecule has 4 rings (SSSR count). The van der Waals surface area contributed by atoms with E-state index in [-0.39, 0.29) is 23.2 Å². The Kier molecular flexibility index (Phi) is 6.28. The first-order chi connectivity index (χ1) is 15.0. The number of aryl methyl sites for hydroxylation is 1. The van der Waals surface area contributed by atoms with Crippen LogP contribution in [0.15, 0.2) is 24.3 Å². The van der Waals surface area contributed by atoms with E-state index in [1.165, 1.54) is 25.7 Å². The lowest BCUT2D eigenvalue weighted by Gasteiger charge is -2.36. The average molecular weight is 415 g/mol. The van der Waals surface area contributed by atoms with Crippen LogP contribution in [0.3, 0.4) is 0 Å². The van der Waals surface area contributed by atoms with Gasteiger partial charge in [0.1, 0.15) is 17.7 Å². The first-order valence-corrected chi connectivity index (χ1v) is 11.6. The summed E-state index contributed by atoms with van der Waals surface area (Å²) in [6, 6.07) is 11.8. The zero-order valence-electron chi connectivity index (χ0n) is 18.5. The van der Waals surface area contributed by atoms with Gasteiger partial charge in [-0.05, 0) is 74.2 Å². The molecular weight excluding hydrogens is 384 g/mol. The van der Waals surface area contributed by atoms with E-state index in [0.29, 0.717) is 10.9 Å². The molecule has 2 aliphatic carbocycles. The summed E-state index contributed by atoms with van der Waals surface area (Å²) in [5.41, 5.74) is 1.20. The molecule has 0 amide bonds. The van der Waals surface area contributed by atoms with Gasteiger partial charge >= 0.3 is 5.97 Å². The second-order valence-corrected chi connectivity index (χ2v) is 9.53. The molecule has 0 saturated heterocycles. The Morgan fingerprint density at radius 3 is 2.00 bits per heavy atom. The van der Waals surface area contributed by atoms with Gasteiger partial charge in [0, 0.05) is 5.39 Å². The lowest BCUT2D eigenvalue weighted by molar-refractivity contribution is -0.140. The quantitative estimate of drug-likeness (QED) is 0.428. The van der Waals surface area contributed by atoms with Crippen LogP contribution < -0.4 is 4.74 Å². The maximum Gasteiger partial charge on any atom is 0.314 e. The number of hydrogen-bond donors (Lipinski definition) is 0. The standard InChI is InChI=1S/C27H30N2O2/c1-17-7-9-19(10-8-17)20-11-13-21(14-12-20)27(30)31-26-23-6-4-3-5-22(23)18(2)24(15-28)25(26)16-29/h3-6,17,19-21H,7-14H2,1-2H3. The van der Waals surface area contributed by atoms with Gasteiger partial charge in [0.25, 0.3) is 0 Å². The van der Waals surface area contributed by atoms with Gasteiger partial charge in [0.2, 0.25) is 0 Å². The van der Waals surface area contributed by atoms with E-state index in [9.17, 15) is 15.3 Å². The molecular formula is C27H30N2O2. The second-order valence-electron chi connectivity index (χ2n) is 9.53. The largest absolute Gasteiger partial charge is 0.424 e. The van der Waals surface area contributed by atoms with Crippen molar-refractivity contribution in [2.75, 3.05) is 0 Å². The molecule has 0 bridgehead atoms. The number of nitriles is 2. The molecule has 0 radical (unpaired) electrons. The van der Waals surface area contributed by atoms with Crippen LogP contribution in [0.4, 0.5) is 0 Å². The average Bonchev–Trinajstić information content (AvgIpc) is 2.81. The third kappa shape index (κ3) is 4.17. The minimum Gasteiger partial charge on any atom is -0.424 e. The molecule has 2 saturated carbocycles. The van der Waals surface area contributed by atoms with Gasteiger partial charge in [-0.3, -0.25) is 4.79 Å². The van der Waals surface area contributed by atoms with Crippen LogP contribution in [0, 0.1) is 53.3 Å². The molecule has 0 aromatic heterocycles. The molecule has 160 valence electrons. The Morgan fingerprint density at radius 2 is 1.42 bits per heavy atom.